The van der Waals surface area contributed by atoms with Gasteiger partial charge in [-0.15, -0.1) is 0 Å². The molecule has 1 rings (SSSR count). The topological polar surface area (TPSA) is 37.3 Å². The molecule has 1 atom stereocenters. The summed E-state index contributed by atoms with van der Waals surface area (Å²) in [7, 11) is 0. The third-order valence-corrected chi connectivity index (χ3v) is 2.29. The van der Waals surface area contributed by atoms with Crippen molar-refractivity contribution >= 4 is 5.97 Å². The largest absolute Gasteiger partial charge is 0.481 e. The van der Waals surface area contributed by atoms with Gasteiger partial charge in [-0.25, -0.2) is 0 Å². The molecule has 0 aromatic rings. The lowest BCUT2D eigenvalue weighted by Crippen LogP contribution is -2.08. The SMILES string of the molecule is O=C(O)CCC1C[CH]CCC1. The molecule has 1 aliphatic rings. The first-order chi connectivity index (χ1) is 5.29. The standard InChI is InChI=1S/C9H15O2/c10-9(11)7-6-8-4-2-1-3-5-8/h2,8H,1,3-7H2,(H,10,11). The van der Waals surface area contributed by atoms with E-state index in [1.165, 1.54) is 19.3 Å². The van der Waals surface area contributed by atoms with Gasteiger partial charge in [0.25, 0.3) is 0 Å². The van der Waals surface area contributed by atoms with Gasteiger partial charge in [0.2, 0.25) is 0 Å². The molecule has 2 heteroatoms. The van der Waals surface area contributed by atoms with Crippen molar-refractivity contribution in [2.75, 3.05) is 0 Å². The van der Waals surface area contributed by atoms with Gasteiger partial charge in [0.05, 0.1) is 0 Å². The Bertz CT molecular complexity index is 126. The number of aliphatic carboxylic acids is 1. The zero-order valence-electron chi connectivity index (χ0n) is 6.75. The van der Waals surface area contributed by atoms with E-state index in [-0.39, 0.29) is 0 Å². The summed E-state index contributed by atoms with van der Waals surface area (Å²) in [5.41, 5.74) is 0. The second-order valence-electron chi connectivity index (χ2n) is 3.25. The van der Waals surface area contributed by atoms with Crippen LogP contribution < -0.4 is 0 Å². The van der Waals surface area contributed by atoms with E-state index < -0.39 is 5.97 Å². The minimum absolute atomic E-state index is 0.346. The van der Waals surface area contributed by atoms with Crippen LogP contribution in [0.3, 0.4) is 0 Å². The molecule has 1 unspecified atom stereocenters. The molecule has 1 fully saturated rings. The molecule has 1 aliphatic carbocycles. The van der Waals surface area contributed by atoms with Crippen LogP contribution in [0.25, 0.3) is 0 Å². The lowest BCUT2D eigenvalue weighted by atomic mass is 9.86. The lowest BCUT2D eigenvalue weighted by molar-refractivity contribution is -0.137. The Balaban J connectivity index is 2.09. The molecule has 0 saturated heterocycles. The molecule has 1 radical (unpaired) electrons. The van der Waals surface area contributed by atoms with Gasteiger partial charge in [-0.3, -0.25) is 4.79 Å². The number of carboxylic acid groups (broad SMARTS) is 1. The molecule has 2 nitrogen and oxygen atoms in total. The minimum Gasteiger partial charge on any atom is -0.481 e. The summed E-state index contributed by atoms with van der Waals surface area (Å²) < 4.78 is 0. The zero-order valence-corrected chi connectivity index (χ0v) is 6.75. The van der Waals surface area contributed by atoms with E-state index in [0.717, 1.165) is 12.8 Å². The van der Waals surface area contributed by atoms with Crippen LogP contribution in [0.2, 0.25) is 0 Å². The fraction of sp³-hybridized carbons (Fsp3) is 0.778. The fourth-order valence-electron chi connectivity index (χ4n) is 1.61. The third-order valence-electron chi connectivity index (χ3n) is 2.29. The normalized spacial score (nSPS) is 20.0. The fourth-order valence-corrected chi connectivity index (χ4v) is 1.61. The second kappa shape index (κ2) is 4.37. The smallest absolute Gasteiger partial charge is 0.303 e. The third kappa shape index (κ3) is 3.40. The van der Waals surface area contributed by atoms with Crippen LogP contribution in [0.5, 0.6) is 0 Å². The van der Waals surface area contributed by atoms with Crippen LogP contribution in [-0.2, 0) is 4.79 Å². The first kappa shape index (κ1) is 8.57. The second-order valence-corrected chi connectivity index (χ2v) is 3.25. The molecule has 0 amide bonds. The van der Waals surface area contributed by atoms with Crippen molar-refractivity contribution in [1.29, 1.82) is 0 Å². The molecule has 63 valence electrons. The van der Waals surface area contributed by atoms with Crippen LogP contribution in [0, 0.1) is 12.3 Å². The minimum atomic E-state index is -0.657. The highest BCUT2D eigenvalue weighted by Crippen LogP contribution is 2.26. The highest BCUT2D eigenvalue weighted by Gasteiger charge is 2.14. The molecule has 1 N–H and O–H groups in total. The molecule has 0 bridgehead atoms. The average Bonchev–Trinajstić information content (AvgIpc) is 2.03. The van der Waals surface area contributed by atoms with E-state index in [9.17, 15) is 4.79 Å². The van der Waals surface area contributed by atoms with Gasteiger partial charge in [0.1, 0.15) is 0 Å². The lowest BCUT2D eigenvalue weighted by Gasteiger charge is -2.19. The molecule has 11 heavy (non-hydrogen) atoms. The summed E-state index contributed by atoms with van der Waals surface area (Å²) in [5.74, 6) is -0.00424. The maximum Gasteiger partial charge on any atom is 0.303 e. The van der Waals surface area contributed by atoms with E-state index in [0.29, 0.717) is 12.3 Å². The highest BCUT2D eigenvalue weighted by atomic mass is 16.4. The molecular formula is C9H15O2. The van der Waals surface area contributed by atoms with Crippen molar-refractivity contribution in [3.05, 3.63) is 6.42 Å². The van der Waals surface area contributed by atoms with Gasteiger partial charge in [0, 0.05) is 6.42 Å². The first-order valence-corrected chi connectivity index (χ1v) is 4.32. The summed E-state index contributed by atoms with van der Waals surface area (Å²) in [6.45, 7) is 0. The van der Waals surface area contributed by atoms with Crippen LogP contribution in [0.4, 0.5) is 0 Å². The number of rotatable bonds is 3. The zero-order chi connectivity index (χ0) is 8.10. The van der Waals surface area contributed by atoms with E-state index >= 15 is 0 Å². The predicted molar refractivity (Wildman–Crippen MR) is 43.1 cm³/mol. The van der Waals surface area contributed by atoms with Crippen LogP contribution in [0.1, 0.15) is 38.5 Å². The summed E-state index contributed by atoms with van der Waals surface area (Å²) >= 11 is 0. The van der Waals surface area contributed by atoms with Crippen molar-refractivity contribution in [3.63, 3.8) is 0 Å². The van der Waals surface area contributed by atoms with Crippen molar-refractivity contribution in [2.24, 2.45) is 5.92 Å². The Hall–Kier alpha value is -0.530. The van der Waals surface area contributed by atoms with E-state index in [1.54, 1.807) is 0 Å². The van der Waals surface area contributed by atoms with Gasteiger partial charge in [0.15, 0.2) is 0 Å². The Morgan fingerprint density at radius 1 is 1.64 bits per heavy atom. The number of hydrogen-bond donors (Lipinski definition) is 1. The summed E-state index contributed by atoms with van der Waals surface area (Å²) in [5, 5.41) is 8.43. The maximum absolute atomic E-state index is 10.2. The van der Waals surface area contributed by atoms with Crippen LogP contribution in [-0.4, -0.2) is 11.1 Å². The number of carbonyl (C=O) groups is 1. The molecular weight excluding hydrogens is 140 g/mol. The molecule has 0 aromatic carbocycles. The predicted octanol–water partition coefficient (Wildman–Crippen LogP) is 2.25. The molecule has 1 saturated carbocycles. The van der Waals surface area contributed by atoms with Gasteiger partial charge in [-0.05, 0) is 25.2 Å². The Morgan fingerprint density at radius 3 is 3.00 bits per heavy atom. The number of hydrogen-bond acceptors (Lipinski definition) is 1. The van der Waals surface area contributed by atoms with Crippen molar-refractivity contribution in [2.45, 2.75) is 38.5 Å². The van der Waals surface area contributed by atoms with Gasteiger partial charge >= 0.3 is 5.97 Å². The molecule has 0 aliphatic heterocycles. The van der Waals surface area contributed by atoms with Gasteiger partial charge in [-0.1, -0.05) is 19.3 Å². The van der Waals surface area contributed by atoms with Crippen LogP contribution >= 0.6 is 0 Å². The molecule has 0 heterocycles. The van der Waals surface area contributed by atoms with Crippen LogP contribution in [0.15, 0.2) is 0 Å². The van der Waals surface area contributed by atoms with E-state index in [1.807, 2.05) is 0 Å². The molecule has 0 aromatic heterocycles. The Morgan fingerprint density at radius 2 is 2.45 bits per heavy atom. The highest BCUT2D eigenvalue weighted by molar-refractivity contribution is 5.66. The summed E-state index contributed by atoms with van der Waals surface area (Å²) in [6, 6.07) is 0. The maximum atomic E-state index is 10.2. The van der Waals surface area contributed by atoms with E-state index in [4.69, 9.17) is 5.11 Å². The van der Waals surface area contributed by atoms with Gasteiger partial charge < -0.3 is 5.11 Å². The quantitative estimate of drug-likeness (QED) is 0.678. The van der Waals surface area contributed by atoms with E-state index in [2.05, 4.69) is 6.42 Å². The summed E-state index contributed by atoms with van der Waals surface area (Å²) in [6.07, 6.45) is 8.34. The average molecular weight is 155 g/mol. The Labute approximate surface area is 67.6 Å². The van der Waals surface area contributed by atoms with Crippen molar-refractivity contribution < 1.29 is 9.90 Å². The molecule has 0 spiro atoms. The number of carboxylic acids is 1. The van der Waals surface area contributed by atoms with Crippen molar-refractivity contribution in [1.82, 2.24) is 0 Å². The monoisotopic (exact) mass is 155 g/mol. The van der Waals surface area contributed by atoms with Crippen molar-refractivity contribution in [3.8, 4) is 0 Å². The van der Waals surface area contributed by atoms with Gasteiger partial charge in [-0.2, -0.15) is 0 Å². The summed E-state index contributed by atoms with van der Waals surface area (Å²) in [4.78, 5) is 10.2. The Kier molecular flexibility index (Phi) is 3.40. The first-order valence-electron chi connectivity index (χ1n) is 4.32.